The van der Waals surface area contributed by atoms with Crippen LogP contribution in [0.3, 0.4) is 0 Å². The van der Waals surface area contributed by atoms with Crippen molar-refractivity contribution in [1.82, 2.24) is 59.8 Å². The molecular weight excluding hydrogens is 1700 g/mol. The molecular formula is C102H96Co2N12O12. The number of nitrogens with one attached hydrogen (secondary N) is 6. The molecule has 128 heavy (non-hydrogen) atoms. The van der Waals surface area contributed by atoms with Crippen molar-refractivity contribution in [3.63, 3.8) is 0 Å². The van der Waals surface area contributed by atoms with Crippen molar-refractivity contribution in [3.8, 4) is 0 Å². The van der Waals surface area contributed by atoms with Gasteiger partial charge < -0.3 is 89.3 Å². The molecule has 24 nitrogen and oxygen atoms in total. The second kappa shape index (κ2) is 39.3. The number of carbonyl (C=O) groups is 6. The number of fused-ring (bicyclic) bond motifs is 24. The fraction of sp³-hybridized carbons (Fsp3) is 0.235. The first-order valence-corrected chi connectivity index (χ1v) is 41.5. The van der Waals surface area contributed by atoms with E-state index in [0.29, 0.717) is 68.3 Å². The Morgan fingerprint density at radius 1 is 0.227 bits per heavy atom. The van der Waals surface area contributed by atoms with Gasteiger partial charge in [-0.15, -0.1) is 0 Å². The van der Waals surface area contributed by atoms with E-state index >= 15 is 0 Å². The minimum atomic E-state index is -1.15. The normalized spacial score (nSPS) is 12.8. The molecule has 0 unspecified atom stereocenters. The Bertz CT molecular complexity index is 6430. The fourth-order valence-corrected chi connectivity index (χ4v) is 17.3. The predicted molar refractivity (Wildman–Crippen MR) is 492 cm³/mol. The summed E-state index contributed by atoms with van der Waals surface area (Å²) in [6.07, 6.45) is 11.4. The molecule has 654 valence electrons. The maximum Gasteiger partial charge on any atom is 3.00 e. The number of aliphatic carboxylic acids is 6. The summed E-state index contributed by atoms with van der Waals surface area (Å²) in [5.74, 6) is -6.87. The van der Waals surface area contributed by atoms with Crippen LogP contribution in [0, 0.1) is 41.5 Å². The number of H-pyrrole nitrogens is 6. The summed E-state index contributed by atoms with van der Waals surface area (Å²) in [4.78, 5) is 119. The third-order valence-electron chi connectivity index (χ3n) is 24.6. The van der Waals surface area contributed by atoms with Crippen LogP contribution < -0.4 is 30.6 Å². The van der Waals surface area contributed by atoms with Crippen molar-refractivity contribution in [1.29, 1.82) is 0 Å². The van der Waals surface area contributed by atoms with Crippen molar-refractivity contribution in [2.45, 2.75) is 160 Å². The fourth-order valence-electron chi connectivity index (χ4n) is 17.3. The smallest absolute Gasteiger partial charge is 0.550 e. The van der Waals surface area contributed by atoms with E-state index < -0.39 is 35.8 Å². The maximum atomic E-state index is 11.4. The zero-order chi connectivity index (χ0) is 90.9. The molecule has 0 aliphatic carbocycles. The minimum Gasteiger partial charge on any atom is -0.550 e. The average molecular weight is 1800 g/mol. The number of carbonyl (C=O) groups excluding carboxylic acids is 6. The van der Waals surface area contributed by atoms with Gasteiger partial charge in [0, 0.05) is 135 Å². The molecule has 0 aromatic carbocycles. The van der Waals surface area contributed by atoms with E-state index in [1.165, 1.54) is 0 Å². The second-order valence-electron chi connectivity index (χ2n) is 32.1. The van der Waals surface area contributed by atoms with Crippen LogP contribution in [0.25, 0.3) is 170 Å². The third kappa shape index (κ3) is 19.2. The number of hydrogen-bond acceptors (Lipinski definition) is 18. The number of carboxylic acid groups (broad SMARTS) is 6. The first-order valence-electron chi connectivity index (χ1n) is 41.5. The molecule has 6 aliphatic rings. The number of hydrogen-bond donors (Lipinski definition) is 6. The van der Waals surface area contributed by atoms with Gasteiger partial charge in [-0.2, -0.15) is 0 Å². The van der Waals surface area contributed by atoms with Gasteiger partial charge in [-0.05, 0) is 333 Å². The van der Waals surface area contributed by atoms with E-state index in [0.717, 1.165) is 200 Å². The number of aromatic amines is 6. The van der Waals surface area contributed by atoms with E-state index in [-0.39, 0.29) is 111 Å². The number of nitrogens with zero attached hydrogens (tertiary/aromatic N) is 6. The van der Waals surface area contributed by atoms with Crippen LogP contribution in [0.1, 0.15) is 254 Å². The van der Waals surface area contributed by atoms with Crippen LogP contribution in [0.4, 0.5) is 0 Å². The topological polar surface area (TPSA) is 413 Å². The molecule has 15 heterocycles. The number of rotatable bonds is 24. The van der Waals surface area contributed by atoms with Gasteiger partial charge in [0.2, 0.25) is 0 Å². The molecule has 0 radical (unpaired) electrons. The van der Waals surface area contributed by atoms with Crippen LogP contribution in [0.5, 0.6) is 0 Å². The first-order chi connectivity index (χ1) is 60.0. The zero-order valence-electron chi connectivity index (χ0n) is 73.4. The monoisotopic (exact) mass is 1800 g/mol. The molecule has 0 spiro atoms. The van der Waals surface area contributed by atoms with Gasteiger partial charge in [-0.1, -0.05) is 75.9 Å². The van der Waals surface area contributed by atoms with E-state index in [1.807, 2.05) is 174 Å². The van der Waals surface area contributed by atoms with E-state index in [4.69, 9.17) is 29.9 Å². The standard InChI is InChI=1S/3C34H34N4O4.2Co/c3*1-7-21-17(3)25-13-26-19(5)23(9-11-33(39)40)31(37-26)16-32-24(10-12-34(41)42)20(6)28(38-32)15-30-22(8-2)18(4)27(36-30)14-29(21)35-25;;/h3*7-8,13-16,35-36H,1-2,9-12H2,3-6H3,(H,39,40)(H,41,42);;/q;;;2*+3/p-6. The maximum absolute atomic E-state index is 11.4. The van der Waals surface area contributed by atoms with Crippen molar-refractivity contribution < 1.29 is 93.0 Å². The molecule has 0 saturated heterocycles. The summed E-state index contributed by atoms with van der Waals surface area (Å²) >= 11 is 0. The van der Waals surface area contributed by atoms with Crippen LogP contribution >= 0.6 is 0 Å². The van der Waals surface area contributed by atoms with E-state index in [2.05, 4.69) is 69.4 Å². The molecule has 15 rings (SSSR count). The Morgan fingerprint density at radius 2 is 0.359 bits per heavy atom. The summed E-state index contributed by atoms with van der Waals surface area (Å²) < 4.78 is 0. The number of aryl methyl sites for hydroxylation is 6. The van der Waals surface area contributed by atoms with E-state index in [1.54, 1.807) is 18.2 Å². The van der Waals surface area contributed by atoms with Gasteiger partial charge in [0.25, 0.3) is 0 Å². The SMILES string of the molecule is C=Cc1c(C)c2cc3[nH]c(cc4nc(cc5nc(cc1[nH]2)C(C)=C5CCC(=O)[O-])C(CCC(=O)[O-])=C4C)c(C)c3C=C.C=Cc1c(C)c2cc3[nH]c(cc4nc(cc5nc(cc1[nH]2)C(C)=C5CCC(=O)[O-])C(CCC(=O)[O-])=C4C)c(C)c3C=C.C=Cc1c(C)c2cc3[nH]c(cc4nc(cc5nc(cc1[nH]2)C(C)=C5CCC(=O)[O-])C(CCC(=O)[O-])=C4C)c(C)c3C=C.[Co+3].[Co+3]. The van der Waals surface area contributed by atoms with Crippen molar-refractivity contribution in [2.24, 2.45) is 0 Å². The van der Waals surface area contributed by atoms with Gasteiger partial charge in [0.1, 0.15) is 0 Å². The zero-order valence-corrected chi connectivity index (χ0v) is 75.5. The van der Waals surface area contributed by atoms with Crippen molar-refractivity contribution in [2.75, 3.05) is 0 Å². The molecule has 6 N–H and O–H groups in total. The molecule has 0 amide bonds. The number of carboxylic acids is 6. The molecule has 0 atom stereocenters. The Labute approximate surface area is 760 Å². The molecule has 0 saturated carbocycles. The average Bonchev–Trinajstić information content (AvgIpc) is 1.62. The summed E-state index contributed by atoms with van der Waals surface area (Å²) in [5, 5.41) is 68.4. The third-order valence-corrected chi connectivity index (χ3v) is 24.6. The molecule has 0 fully saturated rings. The van der Waals surface area contributed by atoms with Crippen molar-refractivity contribution >= 4 is 205 Å². The summed E-state index contributed by atoms with van der Waals surface area (Å²) in [6.45, 7) is 47.9. The molecule has 9 aromatic heterocycles. The molecule has 9 aromatic rings. The van der Waals surface area contributed by atoms with Crippen LogP contribution in [0.2, 0.25) is 0 Å². The number of allylic oxidation sites excluding steroid dienone is 12. The largest absolute Gasteiger partial charge is 3.00 e. The summed E-state index contributed by atoms with van der Waals surface area (Å²) in [5.41, 5.74) is 39.8. The first kappa shape index (κ1) is 94.7. The molecule has 26 heteroatoms. The Morgan fingerprint density at radius 3 is 0.500 bits per heavy atom. The van der Waals surface area contributed by atoms with Crippen molar-refractivity contribution in [3.05, 3.63) is 247 Å². The van der Waals surface area contributed by atoms with Gasteiger partial charge >= 0.3 is 33.6 Å². The quantitative estimate of drug-likeness (QED) is 0.0327. The second-order valence-corrected chi connectivity index (χ2v) is 32.1. The Balaban J connectivity index is 0.000000185. The molecule has 6 aliphatic heterocycles. The van der Waals surface area contributed by atoms with Gasteiger partial charge in [0.15, 0.2) is 0 Å². The molecule has 24 bridgehead atoms. The minimum absolute atomic E-state index is 0. The van der Waals surface area contributed by atoms with Crippen LogP contribution in [0.15, 0.2) is 112 Å². The number of aromatic nitrogens is 12. The van der Waals surface area contributed by atoms with Crippen LogP contribution in [-0.2, 0) is 62.3 Å². The van der Waals surface area contributed by atoms with Gasteiger partial charge in [0.05, 0.1) is 68.3 Å². The summed E-state index contributed by atoms with van der Waals surface area (Å²) in [7, 11) is 0. The summed E-state index contributed by atoms with van der Waals surface area (Å²) in [6, 6.07) is 23.3. The van der Waals surface area contributed by atoms with Gasteiger partial charge in [-0.25, -0.2) is 29.9 Å². The van der Waals surface area contributed by atoms with Gasteiger partial charge in [-0.3, -0.25) is 0 Å². The Kier molecular flexibility index (Phi) is 29.1. The predicted octanol–water partition coefficient (Wildman–Crippen LogP) is 15.4. The van der Waals surface area contributed by atoms with Crippen LogP contribution in [-0.4, -0.2) is 95.6 Å². The van der Waals surface area contributed by atoms with E-state index in [9.17, 15) is 59.4 Å². The Hall–Kier alpha value is -13.9.